The quantitative estimate of drug-likeness (QED) is 0.456. The number of nitrogens with zero attached hydrogens (tertiary/aromatic N) is 2. The smallest absolute Gasteiger partial charge is 0.271 e. The van der Waals surface area contributed by atoms with Crippen LogP contribution in [0.25, 0.3) is 10.9 Å². The van der Waals surface area contributed by atoms with Crippen LogP contribution in [0.4, 0.5) is 11.4 Å². The van der Waals surface area contributed by atoms with Crippen molar-refractivity contribution in [1.82, 2.24) is 9.88 Å². The van der Waals surface area contributed by atoms with Crippen LogP contribution in [0, 0.1) is 10.1 Å². The summed E-state index contributed by atoms with van der Waals surface area (Å²) in [5, 5.41) is 15.1. The maximum atomic E-state index is 12.9. The van der Waals surface area contributed by atoms with Crippen LogP contribution in [0.1, 0.15) is 31.2 Å². The molecule has 0 unspecified atom stereocenters. The lowest BCUT2D eigenvalue weighted by Gasteiger charge is -2.35. The molecule has 2 N–H and O–H groups in total. The molecule has 1 saturated heterocycles. The number of nitrogens with one attached hydrogen (secondary N) is 2. The summed E-state index contributed by atoms with van der Waals surface area (Å²) < 4.78 is 5.24. The number of piperidine rings is 1. The third-order valence-corrected chi connectivity index (χ3v) is 6.17. The summed E-state index contributed by atoms with van der Waals surface area (Å²) in [6.45, 7) is 3.49. The Morgan fingerprint density at radius 1 is 1.26 bits per heavy atom. The third kappa shape index (κ3) is 4.25. The van der Waals surface area contributed by atoms with Crippen molar-refractivity contribution in [1.29, 1.82) is 0 Å². The van der Waals surface area contributed by atoms with E-state index in [1.54, 1.807) is 0 Å². The molecule has 2 heterocycles. The molecule has 0 bridgehead atoms. The number of aromatic amines is 1. The number of amides is 1. The fraction of sp³-hybridized carbons (Fsp3) is 0.348. The van der Waals surface area contributed by atoms with Gasteiger partial charge >= 0.3 is 0 Å². The number of rotatable bonds is 6. The van der Waals surface area contributed by atoms with Crippen LogP contribution < -0.4 is 10.1 Å². The molecule has 1 aliphatic rings. The first-order chi connectivity index (χ1) is 15.0. The predicted molar refractivity (Wildman–Crippen MR) is 120 cm³/mol. The van der Waals surface area contributed by atoms with Crippen molar-refractivity contribution in [3.8, 4) is 5.75 Å². The zero-order valence-electron chi connectivity index (χ0n) is 17.6. The van der Waals surface area contributed by atoms with Gasteiger partial charge in [0.05, 0.1) is 23.8 Å². The van der Waals surface area contributed by atoms with Gasteiger partial charge in [0.15, 0.2) is 0 Å². The van der Waals surface area contributed by atoms with Crippen LogP contribution in [0.3, 0.4) is 0 Å². The first-order valence-electron chi connectivity index (χ1n) is 10.4. The Hall–Kier alpha value is -3.39. The van der Waals surface area contributed by atoms with Crippen molar-refractivity contribution in [2.75, 3.05) is 25.5 Å². The minimum Gasteiger partial charge on any atom is -0.495 e. The van der Waals surface area contributed by atoms with Crippen LogP contribution in [-0.4, -0.2) is 47.0 Å². The topological polar surface area (TPSA) is 100 Å². The lowest BCUT2D eigenvalue weighted by molar-refractivity contribution is -0.384. The summed E-state index contributed by atoms with van der Waals surface area (Å²) in [5.74, 6) is 0.646. The first kappa shape index (κ1) is 20.9. The van der Waals surface area contributed by atoms with E-state index < -0.39 is 4.92 Å². The Labute approximate surface area is 180 Å². The van der Waals surface area contributed by atoms with E-state index in [-0.39, 0.29) is 17.6 Å². The van der Waals surface area contributed by atoms with Crippen LogP contribution in [-0.2, 0) is 4.79 Å². The van der Waals surface area contributed by atoms with Crippen molar-refractivity contribution in [3.63, 3.8) is 0 Å². The Bertz CT molecular complexity index is 1100. The average Bonchev–Trinajstić information content (AvgIpc) is 3.22. The van der Waals surface area contributed by atoms with Crippen molar-refractivity contribution < 1.29 is 14.5 Å². The molecule has 3 aromatic rings. The standard InChI is InChI=1S/C23H26N4O4/c1-15(23(28)25-21-13-17(27(29)30)7-8-22(21)31-2)26-11-9-16(10-12-26)19-14-24-20-6-4-3-5-18(19)20/h3-8,13-16,24H,9-12H2,1-2H3,(H,25,28)/t15-/m1/s1. The van der Waals surface area contributed by atoms with Gasteiger partial charge in [-0.05, 0) is 56.5 Å². The number of H-pyrrole nitrogens is 1. The van der Waals surface area contributed by atoms with Crippen molar-refractivity contribution >= 4 is 28.2 Å². The number of nitro groups is 1. The molecule has 1 aromatic heterocycles. The second-order valence-electron chi connectivity index (χ2n) is 7.91. The highest BCUT2D eigenvalue weighted by Gasteiger charge is 2.29. The number of benzene rings is 2. The molecule has 0 saturated carbocycles. The number of carbonyl (C=O) groups is 1. The highest BCUT2D eigenvalue weighted by molar-refractivity contribution is 5.96. The van der Waals surface area contributed by atoms with Crippen LogP contribution in [0.15, 0.2) is 48.7 Å². The van der Waals surface area contributed by atoms with E-state index in [4.69, 9.17) is 4.74 Å². The zero-order chi connectivity index (χ0) is 22.0. The molecule has 1 aliphatic heterocycles. The predicted octanol–water partition coefficient (Wildman–Crippen LogP) is 4.29. The highest BCUT2D eigenvalue weighted by atomic mass is 16.6. The van der Waals surface area contributed by atoms with E-state index in [1.807, 2.05) is 13.0 Å². The number of likely N-dealkylation sites (tertiary alicyclic amines) is 1. The van der Waals surface area contributed by atoms with E-state index in [1.165, 1.54) is 36.3 Å². The second-order valence-corrected chi connectivity index (χ2v) is 7.91. The molecule has 2 aromatic carbocycles. The minimum atomic E-state index is -0.492. The Morgan fingerprint density at radius 2 is 2.00 bits per heavy atom. The van der Waals surface area contributed by atoms with Crippen LogP contribution >= 0.6 is 0 Å². The van der Waals surface area contributed by atoms with E-state index in [2.05, 4.69) is 39.6 Å². The number of hydrogen-bond donors (Lipinski definition) is 2. The number of para-hydroxylation sites is 1. The molecule has 1 fully saturated rings. The molecule has 1 amide bonds. The molecule has 0 radical (unpaired) electrons. The summed E-state index contributed by atoms with van der Waals surface area (Å²) >= 11 is 0. The zero-order valence-corrected chi connectivity index (χ0v) is 17.6. The number of methoxy groups -OCH3 is 1. The molecule has 8 heteroatoms. The average molecular weight is 422 g/mol. The Morgan fingerprint density at radius 3 is 2.71 bits per heavy atom. The summed E-state index contributed by atoms with van der Waals surface area (Å²) in [6.07, 6.45) is 4.05. The highest BCUT2D eigenvalue weighted by Crippen LogP contribution is 2.34. The fourth-order valence-electron chi connectivity index (χ4n) is 4.34. The minimum absolute atomic E-state index is 0.0942. The van der Waals surface area contributed by atoms with Crippen molar-refractivity contribution in [2.24, 2.45) is 0 Å². The second kappa shape index (κ2) is 8.77. The van der Waals surface area contributed by atoms with Gasteiger partial charge in [0, 0.05) is 29.2 Å². The van der Waals surface area contributed by atoms with Gasteiger partial charge in [-0.25, -0.2) is 0 Å². The van der Waals surface area contributed by atoms with Gasteiger partial charge in [-0.1, -0.05) is 18.2 Å². The molecule has 0 spiro atoms. The van der Waals surface area contributed by atoms with Gasteiger partial charge < -0.3 is 15.0 Å². The molecule has 31 heavy (non-hydrogen) atoms. The number of ether oxygens (including phenoxy) is 1. The van der Waals surface area contributed by atoms with Crippen molar-refractivity contribution in [2.45, 2.75) is 31.7 Å². The Kier molecular flexibility index (Phi) is 5.90. The Balaban J connectivity index is 1.41. The largest absolute Gasteiger partial charge is 0.495 e. The number of non-ortho nitro benzene ring substituents is 1. The van der Waals surface area contributed by atoms with E-state index in [0.717, 1.165) is 31.4 Å². The number of anilines is 1. The maximum Gasteiger partial charge on any atom is 0.271 e. The summed E-state index contributed by atoms with van der Waals surface area (Å²) in [7, 11) is 1.47. The number of hydrogen-bond acceptors (Lipinski definition) is 5. The fourth-order valence-corrected chi connectivity index (χ4v) is 4.34. The van der Waals surface area contributed by atoms with Gasteiger partial charge in [-0.15, -0.1) is 0 Å². The van der Waals surface area contributed by atoms with Crippen LogP contribution in [0.5, 0.6) is 5.75 Å². The van der Waals surface area contributed by atoms with Gasteiger partial charge in [-0.2, -0.15) is 0 Å². The summed E-state index contributed by atoms with van der Waals surface area (Å²) in [4.78, 5) is 29.0. The van der Waals surface area contributed by atoms with Crippen molar-refractivity contribution in [3.05, 3.63) is 64.3 Å². The van der Waals surface area contributed by atoms with E-state index in [0.29, 0.717) is 17.4 Å². The van der Waals surface area contributed by atoms with E-state index >= 15 is 0 Å². The molecular formula is C23H26N4O4. The number of fused-ring (bicyclic) bond motifs is 1. The lowest BCUT2D eigenvalue weighted by Crippen LogP contribution is -2.45. The summed E-state index contributed by atoms with van der Waals surface area (Å²) in [5.41, 5.74) is 2.71. The number of nitro benzene ring substituents is 1. The molecule has 0 aliphatic carbocycles. The normalized spacial score (nSPS) is 16.2. The lowest BCUT2D eigenvalue weighted by atomic mass is 9.88. The molecule has 4 rings (SSSR count). The first-order valence-corrected chi connectivity index (χ1v) is 10.4. The van der Waals surface area contributed by atoms with Crippen LogP contribution in [0.2, 0.25) is 0 Å². The third-order valence-electron chi connectivity index (χ3n) is 6.17. The molecule has 162 valence electrons. The SMILES string of the molecule is COc1ccc([N+](=O)[O-])cc1NC(=O)[C@@H](C)N1CCC(c2c[nH]c3ccccc23)CC1. The van der Waals surface area contributed by atoms with Gasteiger partial charge in [-0.3, -0.25) is 19.8 Å². The monoisotopic (exact) mass is 422 g/mol. The maximum absolute atomic E-state index is 12.9. The number of carbonyl (C=O) groups excluding carboxylic acids is 1. The molecule has 1 atom stereocenters. The molecular weight excluding hydrogens is 396 g/mol. The van der Waals surface area contributed by atoms with E-state index in [9.17, 15) is 14.9 Å². The van der Waals surface area contributed by atoms with Gasteiger partial charge in [0.2, 0.25) is 5.91 Å². The van der Waals surface area contributed by atoms with Gasteiger partial charge in [0.1, 0.15) is 5.75 Å². The molecule has 8 nitrogen and oxygen atoms in total. The number of aromatic nitrogens is 1. The van der Waals surface area contributed by atoms with Gasteiger partial charge in [0.25, 0.3) is 5.69 Å². The summed E-state index contributed by atoms with van der Waals surface area (Å²) in [6, 6.07) is 12.1.